The smallest absolute Gasteiger partial charge is 0.274 e. The van der Waals surface area contributed by atoms with E-state index in [9.17, 15) is 35.9 Å². The Morgan fingerprint density at radius 1 is 0.744 bits per heavy atom. The fraction of sp³-hybridized carbons (Fsp3) is 0.200. The Balaban J connectivity index is 0.000000183. The van der Waals surface area contributed by atoms with Gasteiger partial charge >= 0.3 is 0 Å². The number of aromatic nitrogens is 2. The lowest BCUT2D eigenvalue weighted by Gasteiger charge is -2.04. The summed E-state index contributed by atoms with van der Waals surface area (Å²) in [5, 5.41) is 1.71. The Hall–Kier alpha value is -4.13. The molecule has 1 amide bonds. The zero-order chi connectivity index (χ0) is 28.6. The van der Waals surface area contributed by atoms with Crippen molar-refractivity contribution in [3.05, 3.63) is 82.3 Å². The first kappa shape index (κ1) is 27.9. The molecule has 1 aliphatic carbocycles. The van der Waals surface area contributed by atoms with E-state index in [1.165, 1.54) is 13.8 Å². The lowest BCUT2D eigenvalue weighted by atomic mass is 10.1. The van der Waals surface area contributed by atoms with Crippen LogP contribution in [0.5, 0.6) is 0 Å². The van der Waals surface area contributed by atoms with Gasteiger partial charge in [0.2, 0.25) is 0 Å². The molecule has 1 fully saturated rings. The van der Waals surface area contributed by atoms with Gasteiger partial charge in [-0.2, -0.15) is 0 Å². The molecule has 7 nitrogen and oxygen atoms in total. The average Bonchev–Trinajstić information content (AvgIpc) is 3.45. The molecule has 1 N–H and O–H groups in total. The van der Waals surface area contributed by atoms with E-state index in [4.69, 9.17) is 20.4 Å². The highest BCUT2D eigenvalue weighted by atomic mass is 35.5. The van der Waals surface area contributed by atoms with E-state index in [0.29, 0.717) is 24.3 Å². The van der Waals surface area contributed by atoms with E-state index >= 15 is 0 Å². The predicted octanol–water partition coefficient (Wildman–Crippen LogP) is 6.41. The normalized spacial score (nSPS) is 12.6. The van der Waals surface area contributed by atoms with Gasteiger partial charge in [-0.25, -0.2) is 36.3 Å². The van der Waals surface area contributed by atoms with Crippen LogP contribution in [-0.2, 0) is 0 Å². The van der Waals surface area contributed by atoms with Crippen LogP contribution in [0, 0.1) is 48.8 Å². The maximum Gasteiger partial charge on any atom is 0.274 e. The molecule has 1 saturated carbocycles. The molecule has 14 heteroatoms. The number of carbonyl (C=O) groups is 2. The molecular formula is C25H16ClF6N3O4. The predicted molar refractivity (Wildman–Crippen MR) is 124 cm³/mol. The van der Waals surface area contributed by atoms with E-state index in [2.05, 4.69) is 15.3 Å². The molecule has 204 valence electrons. The van der Waals surface area contributed by atoms with Crippen molar-refractivity contribution >= 4 is 22.8 Å². The molecule has 39 heavy (non-hydrogen) atoms. The van der Waals surface area contributed by atoms with Crippen molar-refractivity contribution in [1.29, 1.82) is 0 Å². The second-order valence-electron chi connectivity index (χ2n) is 8.33. The van der Waals surface area contributed by atoms with Crippen LogP contribution in [0.1, 0.15) is 45.6 Å². The summed E-state index contributed by atoms with van der Waals surface area (Å²) in [6, 6.07) is 2.07. The topological polar surface area (TPSA) is 98.2 Å². The van der Waals surface area contributed by atoms with Gasteiger partial charge in [0.1, 0.15) is 11.6 Å². The van der Waals surface area contributed by atoms with Gasteiger partial charge in [-0.05, 0) is 36.6 Å². The van der Waals surface area contributed by atoms with Crippen molar-refractivity contribution in [2.45, 2.75) is 32.7 Å². The van der Waals surface area contributed by atoms with Crippen molar-refractivity contribution in [2.24, 2.45) is 0 Å². The highest BCUT2D eigenvalue weighted by molar-refractivity contribution is 6.67. The Morgan fingerprint density at radius 3 is 1.59 bits per heavy atom. The highest BCUT2D eigenvalue weighted by Crippen LogP contribution is 2.31. The third-order valence-electron chi connectivity index (χ3n) is 5.29. The molecule has 2 aromatic heterocycles. The van der Waals surface area contributed by atoms with Crippen LogP contribution in [0.4, 0.5) is 26.3 Å². The quantitative estimate of drug-likeness (QED) is 0.169. The fourth-order valence-corrected chi connectivity index (χ4v) is 3.51. The van der Waals surface area contributed by atoms with Crippen LogP contribution in [-0.4, -0.2) is 27.2 Å². The second-order valence-corrected chi connectivity index (χ2v) is 8.68. The van der Waals surface area contributed by atoms with Crippen LogP contribution in [0.15, 0.2) is 33.1 Å². The Labute approximate surface area is 220 Å². The molecule has 0 bridgehead atoms. The summed E-state index contributed by atoms with van der Waals surface area (Å²) < 4.78 is 89.7. The van der Waals surface area contributed by atoms with Gasteiger partial charge in [-0.15, -0.1) is 0 Å². The number of rotatable bonds is 5. The minimum atomic E-state index is -1.34. The SMILES string of the molecule is Cc1nc(C(=O)Cl)c(-c2cc(F)c(F)cc2F)o1.Cc1nc(C(=O)NC2CC2)c(-c2cc(F)c(F)cc2F)o1. The number of hydrogen-bond donors (Lipinski definition) is 1. The molecule has 0 atom stereocenters. The third-order valence-corrected chi connectivity index (χ3v) is 5.47. The van der Waals surface area contributed by atoms with Crippen molar-refractivity contribution in [2.75, 3.05) is 0 Å². The summed E-state index contributed by atoms with van der Waals surface area (Å²) in [7, 11) is 0. The second kappa shape index (κ2) is 10.9. The van der Waals surface area contributed by atoms with Gasteiger partial charge in [-0.3, -0.25) is 9.59 Å². The minimum Gasteiger partial charge on any atom is -0.440 e. The van der Waals surface area contributed by atoms with Gasteiger partial charge in [0, 0.05) is 32.0 Å². The molecule has 0 unspecified atom stereocenters. The number of benzene rings is 2. The number of carbonyl (C=O) groups excluding carboxylic acids is 2. The van der Waals surface area contributed by atoms with Gasteiger partial charge < -0.3 is 14.2 Å². The molecule has 4 aromatic rings. The van der Waals surface area contributed by atoms with E-state index < -0.39 is 51.6 Å². The first-order chi connectivity index (χ1) is 18.3. The van der Waals surface area contributed by atoms with Gasteiger partial charge in [-0.1, -0.05) is 0 Å². The molecule has 1 aliphatic rings. The van der Waals surface area contributed by atoms with Crippen molar-refractivity contribution in [3.8, 4) is 22.6 Å². The summed E-state index contributed by atoms with van der Waals surface area (Å²) in [4.78, 5) is 30.7. The first-order valence-electron chi connectivity index (χ1n) is 11.1. The molecule has 0 radical (unpaired) electrons. The fourth-order valence-electron chi connectivity index (χ4n) is 3.38. The third kappa shape index (κ3) is 6.14. The number of aryl methyl sites for hydroxylation is 2. The summed E-state index contributed by atoms with van der Waals surface area (Å²) in [6.45, 7) is 2.89. The molecule has 0 saturated heterocycles. The van der Waals surface area contributed by atoms with Crippen molar-refractivity contribution in [3.63, 3.8) is 0 Å². The number of nitrogens with zero attached hydrogens (tertiary/aromatic N) is 2. The Bertz CT molecular complexity index is 1600. The summed E-state index contributed by atoms with van der Waals surface area (Å²) in [5.74, 6) is -8.12. The van der Waals surface area contributed by atoms with Gasteiger partial charge in [0.25, 0.3) is 11.1 Å². The van der Waals surface area contributed by atoms with Gasteiger partial charge in [0.05, 0.1) is 11.1 Å². The van der Waals surface area contributed by atoms with Crippen LogP contribution < -0.4 is 5.32 Å². The number of nitrogens with one attached hydrogen (secondary N) is 1. The maximum atomic E-state index is 13.8. The molecule has 2 aromatic carbocycles. The van der Waals surface area contributed by atoms with Crippen LogP contribution >= 0.6 is 11.6 Å². The van der Waals surface area contributed by atoms with E-state index in [1.807, 2.05) is 0 Å². The molecule has 2 heterocycles. The monoisotopic (exact) mass is 571 g/mol. The van der Waals surface area contributed by atoms with Crippen LogP contribution in [0.2, 0.25) is 0 Å². The van der Waals surface area contributed by atoms with Crippen LogP contribution in [0.25, 0.3) is 22.6 Å². The zero-order valence-electron chi connectivity index (χ0n) is 20.0. The van der Waals surface area contributed by atoms with E-state index in [-0.39, 0.29) is 46.3 Å². The van der Waals surface area contributed by atoms with Gasteiger partial charge in [0.15, 0.2) is 58.0 Å². The van der Waals surface area contributed by atoms with Crippen LogP contribution in [0.3, 0.4) is 0 Å². The molecule has 0 aliphatic heterocycles. The molecule has 0 spiro atoms. The number of hydrogen-bond acceptors (Lipinski definition) is 6. The number of oxazole rings is 2. The summed E-state index contributed by atoms with van der Waals surface area (Å²) in [6.07, 6.45) is 1.74. The number of amides is 1. The summed E-state index contributed by atoms with van der Waals surface area (Å²) >= 11 is 5.24. The Morgan fingerprint density at radius 2 is 1.15 bits per heavy atom. The van der Waals surface area contributed by atoms with Crippen molar-refractivity contribution < 1.29 is 44.8 Å². The molecule has 5 rings (SSSR count). The van der Waals surface area contributed by atoms with Crippen molar-refractivity contribution in [1.82, 2.24) is 15.3 Å². The lowest BCUT2D eigenvalue weighted by molar-refractivity contribution is 0.0946. The molecular weight excluding hydrogens is 556 g/mol. The van der Waals surface area contributed by atoms with E-state index in [0.717, 1.165) is 12.8 Å². The zero-order valence-corrected chi connectivity index (χ0v) is 20.7. The first-order valence-corrected chi connectivity index (χ1v) is 11.5. The lowest BCUT2D eigenvalue weighted by Crippen LogP contribution is -2.26. The Kier molecular flexibility index (Phi) is 7.82. The average molecular weight is 572 g/mol. The maximum absolute atomic E-state index is 13.8. The standard InChI is InChI=1S/C14H11F3N2O2.C11H5ClF3NO2/c1-6-18-12(14(20)19-7-2-3-7)13(21-6)8-4-10(16)11(17)5-9(8)15;1-4-16-9(11(12)17)10(18-4)5-2-7(14)8(15)3-6(5)13/h4-5,7H,2-3H2,1H3,(H,19,20);2-3H,1H3. The number of halogens is 7. The minimum absolute atomic E-state index is 0.0538. The summed E-state index contributed by atoms with van der Waals surface area (Å²) in [5.41, 5.74) is -1.24. The largest absolute Gasteiger partial charge is 0.440 e. The highest BCUT2D eigenvalue weighted by Gasteiger charge is 2.29. The van der Waals surface area contributed by atoms with E-state index in [1.54, 1.807) is 0 Å².